The highest BCUT2D eigenvalue weighted by molar-refractivity contribution is 7.80. The summed E-state index contributed by atoms with van der Waals surface area (Å²) in [5, 5.41) is 3.26. The van der Waals surface area contributed by atoms with E-state index in [1.54, 1.807) is 0 Å². The molecule has 0 aliphatic heterocycles. The molecule has 0 aliphatic carbocycles. The van der Waals surface area contributed by atoms with Crippen LogP contribution in [0.4, 0.5) is 0 Å². The molecule has 0 aromatic rings. The quantitative estimate of drug-likeness (QED) is 0.462. The van der Waals surface area contributed by atoms with Crippen molar-refractivity contribution in [1.82, 2.24) is 5.32 Å². The van der Waals surface area contributed by atoms with E-state index in [0.29, 0.717) is 6.04 Å². The lowest BCUT2D eigenvalue weighted by atomic mass is 10.2. The highest BCUT2D eigenvalue weighted by Crippen LogP contribution is 2.00. The van der Waals surface area contributed by atoms with Gasteiger partial charge in [-0.1, -0.05) is 19.6 Å². The lowest BCUT2D eigenvalue weighted by molar-refractivity contribution is 0.641. The van der Waals surface area contributed by atoms with E-state index in [1.165, 1.54) is 0 Å². The van der Waals surface area contributed by atoms with Crippen molar-refractivity contribution >= 4 is 12.6 Å². The van der Waals surface area contributed by atoms with E-state index in [-0.39, 0.29) is 0 Å². The van der Waals surface area contributed by atoms with Crippen molar-refractivity contribution < 1.29 is 0 Å². The lowest BCUT2D eigenvalue weighted by Crippen LogP contribution is -2.25. The molecule has 0 aromatic carbocycles. The molecule has 0 bridgehead atoms. The number of nitrogens with one attached hydrogen (secondary N) is 1. The summed E-state index contributed by atoms with van der Waals surface area (Å²) in [6, 6.07) is 0.333. The molecule has 64 valence electrons. The third-order valence-corrected chi connectivity index (χ3v) is 1.80. The Morgan fingerprint density at radius 1 is 1.73 bits per heavy atom. The van der Waals surface area contributed by atoms with E-state index in [9.17, 15) is 0 Å². The Morgan fingerprint density at radius 2 is 2.36 bits per heavy atom. The van der Waals surface area contributed by atoms with Gasteiger partial charge in [0, 0.05) is 11.7 Å². The lowest BCUT2D eigenvalue weighted by Gasteiger charge is -2.15. The Kier molecular flexibility index (Phi) is 6.13. The van der Waals surface area contributed by atoms with Gasteiger partial charge in [-0.05, 0) is 18.6 Å². The molecule has 0 aromatic heterocycles. The summed E-state index contributed by atoms with van der Waals surface area (Å²) in [6.45, 7) is 9.67. The minimum atomic E-state index is 0.333. The first kappa shape index (κ1) is 10.6. The molecule has 1 N–H and O–H groups in total. The van der Waals surface area contributed by atoms with Gasteiger partial charge in [0.2, 0.25) is 0 Å². The van der Waals surface area contributed by atoms with Gasteiger partial charge in [0.05, 0.1) is 0 Å². The van der Waals surface area contributed by atoms with Gasteiger partial charge in [-0.2, -0.15) is 12.6 Å². The van der Waals surface area contributed by atoms with Crippen molar-refractivity contribution in [2.75, 3.05) is 5.75 Å². The first-order valence-electron chi connectivity index (χ1n) is 3.92. The number of rotatable bonds is 6. The first-order chi connectivity index (χ1) is 5.24. The molecular weight excluding hydrogens is 154 g/mol. The molecule has 0 spiro atoms. The van der Waals surface area contributed by atoms with Crippen LogP contribution in [0.3, 0.4) is 0 Å². The van der Waals surface area contributed by atoms with E-state index in [4.69, 9.17) is 0 Å². The zero-order valence-electron chi connectivity index (χ0n) is 7.14. The van der Waals surface area contributed by atoms with Crippen LogP contribution in [0.2, 0.25) is 0 Å². The van der Waals surface area contributed by atoms with Crippen molar-refractivity contribution in [3.05, 3.63) is 24.9 Å². The Bertz CT molecular complexity index is 132. The van der Waals surface area contributed by atoms with E-state index < -0.39 is 0 Å². The Labute approximate surface area is 75.0 Å². The van der Waals surface area contributed by atoms with Gasteiger partial charge in [-0.15, -0.1) is 6.58 Å². The Balaban J connectivity index is 3.67. The zero-order valence-corrected chi connectivity index (χ0v) is 8.03. The van der Waals surface area contributed by atoms with Gasteiger partial charge in [0.25, 0.3) is 0 Å². The highest BCUT2D eigenvalue weighted by atomic mass is 32.1. The normalized spacial score (nSPS) is 12.2. The zero-order chi connectivity index (χ0) is 8.69. The van der Waals surface area contributed by atoms with Gasteiger partial charge in [-0.25, -0.2) is 0 Å². The maximum absolute atomic E-state index is 4.15. The van der Waals surface area contributed by atoms with Crippen LogP contribution in [0.25, 0.3) is 0 Å². The minimum Gasteiger partial charge on any atom is -0.383 e. The van der Waals surface area contributed by atoms with Crippen LogP contribution in [0.1, 0.15) is 19.8 Å². The first-order valence-corrected chi connectivity index (χ1v) is 4.55. The van der Waals surface area contributed by atoms with Crippen molar-refractivity contribution in [2.24, 2.45) is 0 Å². The SMILES string of the molecule is C=CC(CCS)NC(=C)CC. The summed E-state index contributed by atoms with van der Waals surface area (Å²) < 4.78 is 0. The molecule has 11 heavy (non-hydrogen) atoms. The van der Waals surface area contributed by atoms with Gasteiger partial charge >= 0.3 is 0 Å². The summed E-state index contributed by atoms with van der Waals surface area (Å²) in [4.78, 5) is 0. The van der Waals surface area contributed by atoms with Crippen LogP contribution in [-0.2, 0) is 0 Å². The summed E-state index contributed by atoms with van der Waals surface area (Å²) in [7, 11) is 0. The predicted molar refractivity (Wildman–Crippen MR) is 55.0 cm³/mol. The third kappa shape index (κ3) is 4.96. The molecule has 0 saturated heterocycles. The van der Waals surface area contributed by atoms with E-state index in [0.717, 1.165) is 24.3 Å². The van der Waals surface area contributed by atoms with Crippen molar-refractivity contribution in [3.63, 3.8) is 0 Å². The second-order valence-electron chi connectivity index (χ2n) is 2.46. The monoisotopic (exact) mass is 171 g/mol. The fourth-order valence-electron chi connectivity index (χ4n) is 0.752. The number of thiol groups is 1. The molecule has 0 radical (unpaired) electrons. The van der Waals surface area contributed by atoms with Gasteiger partial charge in [0.1, 0.15) is 0 Å². The van der Waals surface area contributed by atoms with Crippen LogP contribution in [0, 0.1) is 0 Å². The molecule has 2 heteroatoms. The fraction of sp³-hybridized carbons (Fsp3) is 0.556. The summed E-state index contributed by atoms with van der Waals surface area (Å²) in [5.74, 6) is 0.876. The second-order valence-corrected chi connectivity index (χ2v) is 2.90. The minimum absolute atomic E-state index is 0.333. The third-order valence-electron chi connectivity index (χ3n) is 1.54. The van der Waals surface area contributed by atoms with Crippen LogP contribution in [0.15, 0.2) is 24.9 Å². The molecule has 1 atom stereocenters. The molecule has 0 heterocycles. The molecule has 1 unspecified atom stereocenters. The molecule has 1 nitrogen and oxygen atoms in total. The summed E-state index contributed by atoms with van der Waals surface area (Å²) in [5.41, 5.74) is 1.07. The van der Waals surface area contributed by atoms with E-state index in [2.05, 4.69) is 38.0 Å². The summed E-state index contributed by atoms with van der Waals surface area (Å²) >= 11 is 4.15. The standard InChI is InChI=1S/C9H17NS/c1-4-8(3)10-9(5-2)6-7-11/h5,9-11H,2-4,6-7H2,1H3. The Morgan fingerprint density at radius 3 is 2.73 bits per heavy atom. The number of allylic oxidation sites excluding steroid dienone is 1. The molecule has 0 saturated carbocycles. The van der Waals surface area contributed by atoms with Crippen molar-refractivity contribution in [2.45, 2.75) is 25.8 Å². The Hall–Kier alpha value is -0.370. The highest BCUT2D eigenvalue weighted by Gasteiger charge is 2.00. The van der Waals surface area contributed by atoms with Crippen LogP contribution in [-0.4, -0.2) is 11.8 Å². The molecular formula is C9H17NS. The van der Waals surface area contributed by atoms with Crippen LogP contribution >= 0.6 is 12.6 Å². The maximum Gasteiger partial charge on any atom is 0.0446 e. The number of hydrogen-bond donors (Lipinski definition) is 2. The average Bonchev–Trinajstić information content (AvgIpc) is 2.03. The van der Waals surface area contributed by atoms with Crippen molar-refractivity contribution in [3.8, 4) is 0 Å². The van der Waals surface area contributed by atoms with Crippen LogP contribution in [0.5, 0.6) is 0 Å². The van der Waals surface area contributed by atoms with Crippen LogP contribution < -0.4 is 5.32 Å². The van der Waals surface area contributed by atoms with E-state index >= 15 is 0 Å². The molecule has 0 aliphatic rings. The second kappa shape index (κ2) is 6.35. The topological polar surface area (TPSA) is 12.0 Å². The molecule has 0 rings (SSSR count). The van der Waals surface area contributed by atoms with Gasteiger partial charge < -0.3 is 5.32 Å². The van der Waals surface area contributed by atoms with Crippen molar-refractivity contribution in [1.29, 1.82) is 0 Å². The van der Waals surface area contributed by atoms with Gasteiger partial charge in [0.15, 0.2) is 0 Å². The average molecular weight is 171 g/mol. The molecule has 0 amide bonds. The summed E-state index contributed by atoms with van der Waals surface area (Å²) in [6.07, 6.45) is 3.87. The molecule has 0 fully saturated rings. The van der Waals surface area contributed by atoms with E-state index in [1.807, 2.05) is 6.08 Å². The smallest absolute Gasteiger partial charge is 0.0446 e. The predicted octanol–water partition coefficient (Wildman–Crippen LogP) is 2.37. The fourth-order valence-corrected chi connectivity index (χ4v) is 1.03. The number of hydrogen-bond acceptors (Lipinski definition) is 2. The largest absolute Gasteiger partial charge is 0.383 e. The maximum atomic E-state index is 4.15. The van der Waals surface area contributed by atoms with Gasteiger partial charge in [-0.3, -0.25) is 0 Å².